The first-order valence-electron chi connectivity index (χ1n) is 14.6. The fourth-order valence-corrected chi connectivity index (χ4v) is 8.18. The average molecular weight is 533 g/mol. The number of benzene rings is 8. The highest BCUT2D eigenvalue weighted by molar-refractivity contribution is 6.18. The Labute approximate surface area is 243 Å². The molecule has 0 atom stereocenters. The molecule has 1 heterocycles. The van der Waals surface area contributed by atoms with Crippen LogP contribution in [0.25, 0.3) is 54.2 Å². The normalized spacial score (nSPS) is 14.1. The van der Waals surface area contributed by atoms with Crippen LogP contribution in [-0.4, -0.2) is 0 Å². The molecule has 8 aromatic carbocycles. The van der Waals surface area contributed by atoms with Gasteiger partial charge in [0.05, 0.1) is 5.41 Å². The van der Waals surface area contributed by atoms with Gasteiger partial charge in [0.1, 0.15) is 11.5 Å². The summed E-state index contributed by atoms with van der Waals surface area (Å²) in [6, 6.07) is 53.3. The first-order valence-corrected chi connectivity index (χ1v) is 14.6. The Balaban J connectivity index is 1.57. The Hall–Kier alpha value is -5.40. The predicted molar refractivity (Wildman–Crippen MR) is 174 cm³/mol. The van der Waals surface area contributed by atoms with Crippen molar-refractivity contribution in [3.8, 4) is 22.6 Å². The molecule has 0 unspecified atom stereocenters. The van der Waals surface area contributed by atoms with Gasteiger partial charge in [0.15, 0.2) is 0 Å². The summed E-state index contributed by atoms with van der Waals surface area (Å²) in [6.45, 7) is 0. The molecule has 0 saturated heterocycles. The maximum atomic E-state index is 7.34. The van der Waals surface area contributed by atoms with E-state index in [-0.39, 0.29) is 0 Å². The molecule has 0 radical (unpaired) electrons. The Morgan fingerprint density at radius 2 is 0.619 bits per heavy atom. The number of fused-ring (bicyclic) bond motifs is 19. The highest BCUT2D eigenvalue weighted by atomic mass is 16.5. The predicted octanol–water partition coefficient (Wildman–Crippen LogP) is 10.8. The van der Waals surface area contributed by atoms with Crippen molar-refractivity contribution < 1.29 is 4.74 Å². The Morgan fingerprint density at radius 3 is 1.05 bits per heavy atom. The lowest BCUT2D eigenvalue weighted by Crippen LogP contribution is -2.33. The van der Waals surface area contributed by atoms with E-state index in [1.54, 1.807) is 0 Å². The average Bonchev–Trinajstić information content (AvgIpc) is 3.35. The molecule has 0 N–H and O–H groups in total. The minimum atomic E-state index is -0.566. The molecule has 0 bridgehead atoms. The first kappa shape index (κ1) is 22.3. The van der Waals surface area contributed by atoms with Crippen LogP contribution >= 0.6 is 0 Å². The van der Waals surface area contributed by atoms with Gasteiger partial charge in [-0.3, -0.25) is 0 Å². The molecule has 2 aliphatic rings. The topological polar surface area (TPSA) is 9.23 Å². The molecule has 1 aliphatic heterocycles. The monoisotopic (exact) mass is 532 g/mol. The van der Waals surface area contributed by atoms with Gasteiger partial charge < -0.3 is 4.74 Å². The van der Waals surface area contributed by atoms with E-state index in [2.05, 4.69) is 146 Å². The van der Waals surface area contributed by atoms with E-state index < -0.39 is 5.41 Å². The molecule has 0 amide bonds. The summed E-state index contributed by atoms with van der Waals surface area (Å²) >= 11 is 0. The van der Waals surface area contributed by atoms with Crippen molar-refractivity contribution in [3.63, 3.8) is 0 Å². The summed E-state index contributed by atoms with van der Waals surface area (Å²) in [4.78, 5) is 0. The molecule has 42 heavy (non-hydrogen) atoms. The lowest BCUT2D eigenvalue weighted by molar-refractivity contribution is 0.451. The van der Waals surface area contributed by atoms with Gasteiger partial charge in [-0.05, 0) is 54.6 Å². The molecule has 8 aromatic rings. The fourth-order valence-electron chi connectivity index (χ4n) is 8.18. The third-order valence-electron chi connectivity index (χ3n) is 9.68. The van der Waals surface area contributed by atoms with E-state index in [1.807, 2.05) is 0 Å². The van der Waals surface area contributed by atoms with E-state index in [0.29, 0.717) is 0 Å². The summed E-state index contributed by atoms with van der Waals surface area (Å²) in [7, 11) is 0. The van der Waals surface area contributed by atoms with Crippen molar-refractivity contribution >= 4 is 43.1 Å². The van der Waals surface area contributed by atoms with Gasteiger partial charge in [0, 0.05) is 21.9 Å². The number of hydrogen-bond acceptors (Lipinski definition) is 1. The molecule has 1 aliphatic carbocycles. The highest BCUT2D eigenvalue weighted by Gasteiger charge is 2.53. The summed E-state index contributed by atoms with van der Waals surface area (Å²) in [5.74, 6) is 1.92. The molecule has 1 heteroatoms. The maximum absolute atomic E-state index is 7.34. The lowest BCUT2D eigenvalue weighted by Gasteiger charge is -2.42. The van der Waals surface area contributed by atoms with E-state index in [0.717, 1.165) is 22.3 Å². The molecule has 10 rings (SSSR count). The van der Waals surface area contributed by atoms with Crippen molar-refractivity contribution in [2.24, 2.45) is 0 Å². The summed E-state index contributed by atoms with van der Waals surface area (Å²) in [5.41, 5.74) is 7.13. The third-order valence-corrected chi connectivity index (χ3v) is 9.68. The van der Waals surface area contributed by atoms with Crippen molar-refractivity contribution in [1.29, 1.82) is 0 Å². The Bertz CT molecular complexity index is 2280. The zero-order valence-electron chi connectivity index (χ0n) is 22.8. The van der Waals surface area contributed by atoms with Crippen LogP contribution in [0.1, 0.15) is 22.3 Å². The molecule has 0 saturated carbocycles. The minimum absolute atomic E-state index is 0.566. The standard InChI is InChI=1S/C41H24O/c1-5-19-31-25(13-1)27-15-3-7-21-33(27)39-37(31)41(35-23-11-9-17-29(35)30-18-10-12-24-36(30)41)38-32-20-6-2-14-26(32)28-16-4-8-22-34(28)40(38)42-39/h1-24H. The van der Waals surface area contributed by atoms with E-state index >= 15 is 0 Å². The summed E-state index contributed by atoms with van der Waals surface area (Å²) < 4.78 is 7.34. The Kier molecular flexibility index (Phi) is 4.18. The molecule has 194 valence electrons. The zero-order valence-corrected chi connectivity index (χ0v) is 22.8. The van der Waals surface area contributed by atoms with Crippen LogP contribution < -0.4 is 4.74 Å². The second kappa shape index (κ2) is 7.87. The maximum Gasteiger partial charge on any atom is 0.140 e. The summed E-state index contributed by atoms with van der Waals surface area (Å²) in [5, 5.41) is 9.72. The second-order valence-electron chi connectivity index (χ2n) is 11.5. The van der Waals surface area contributed by atoms with Crippen molar-refractivity contribution in [3.05, 3.63) is 168 Å². The third kappa shape index (κ3) is 2.52. The first-order chi connectivity index (χ1) is 20.9. The van der Waals surface area contributed by atoms with E-state index in [1.165, 1.54) is 65.7 Å². The van der Waals surface area contributed by atoms with Crippen molar-refractivity contribution in [1.82, 2.24) is 0 Å². The van der Waals surface area contributed by atoms with Crippen molar-refractivity contribution in [2.75, 3.05) is 0 Å². The lowest BCUT2D eigenvalue weighted by atomic mass is 9.63. The summed E-state index contributed by atoms with van der Waals surface area (Å²) in [6.07, 6.45) is 0. The van der Waals surface area contributed by atoms with Crippen molar-refractivity contribution in [2.45, 2.75) is 5.41 Å². The second-order valence-corrected chi connectivity index (χ2v) is 11.5. The quantitative estimate of drug-likeness (QED) is 0.177. The SMILES string of the molecule is c1ccc2c(c1)-c1ccccc1C21c2c(c3ccccc3c3ccccc23)Oc2c1c1ccccc1c1ccccc21. The number of rotatable bonds is 0. The van der Waals surface area contributed by atoms with Gasteiger partial charge in [0.25, 0.3) is 0 Å². The van der Waals surface area contributed by atoms with Gasteiger partial charge in [-0.15, -0.1) is 0 Å². The highest BCUT2D eigenvalue weighted by Crippen LogP contribution is 2.66. The van der Waals surface area contributed by atoms with Gasteiger partial charge in [-0.1, -0.05) is 146 Å². The smallest absolute Gasteiger partial charge is 0.140 e. The molecule has 1 nitrogen and oxygen atoms in total. The van der Waals surface area contributed by atoms with Crippen LogP contribution in [0.3, 0.4) is 0 Å². The van der Waals surface area contributed by atoms with Crippen LogP contribution in [0.15, 0.2) is 146 Å². The van der Waals surface area contributed by atoms with Crippen LogP contribution in [0.5, 0.6) is 11.5 Å². The minimum Gasteiger partial charge on any atom is -0.455 e. The molecular weight excluding hydrogens is 508 g/mol. The van der Waals surface area contributed by atoms with Gasteiger partial charge >= 0.3 is 0 Å². The number of ether oxygens (including phenoxy) is 1. The molecule has 0 aromatic heterocycles. The fraction of sp³-hybridized carbons (Fsp3) is 0.0244. The van der Waals surface area contributed by atoms with Gasteiger partial charge in [-0.2, -0.15) is 0 Å². The molecule has 0 fully saturated rings. The van der Waals surface area contributed by atoms with Gasteiger partial charge in [-0.25, -0.2) is 0 Å². The Morgan fingerprint density at radius 1 is 0.310 bits per heavy atom. The zero-order chi connectivity index (χ0) is 27.4. The van der Waals surface area contributed by atoms with Crippen LogP contribution in [0.4, 0.5) is 0 Å². The molecular formula is C41H24O. The van der Waals surface area contributed by atoms with Gasteiger partial charge in [0.2, 0.25) is 0 Å². The van der Waals surface area contributed by atoms with Crippen LogP contribution in [0, 0.1) is 0 Å². The van der Waals surface area contributed by atoms with E-state index in [9.17, 15) is 0 Å². The largest absolute Gasteiger partial charge is 0.455 e. The van der Waals surface area contributed by atoms with E-state index in [4.69, 9.17) is 4.74 Å². The molecule has 1 spiro atoms. The number of hydrogen-bond donors (Lipinski definition) is 0. The van der Waals surface area contributed by atoms with Crippen LogP contribution in [0.2, 0.25) is 0 Å². The van der Waals surface area contributed by atoms with Crippen LogP contribution in [-0.2, 0) is 5.41 Å².